The number of likely N-dealkylation sites (N-methyl/N-ethyl adjacent to an activating group) is 1. The average molecular weight is 242 g/mol. The van der Waals surface area contributed by atoms with Gasteiger partial charge >= 0.3 is 0 Å². The van der Waals surface area contributed by atoms with Crippen LogP contribution in [0, 0.1) is 5.92 Å². The van der Waals surface area contributed by atoms with Crippen molar-refractivity contribution in [2.24, 2.45) is 5.92 Å². The molecule has 0 spiro atoms. The highest BCUT2D eigenvalue weighted by atomic mass is 16.3. The Balaban J connectivity index is 2.57. The Labute approximate surface area is 107 Å². The topological polar surface area (TPSA) is 35.5 Å². The highest BCUT2D eigenvalue weighted by Crippen LogP contribution is 2.30. The predicted molar refractivity (Wildman–Crippen MR) is 73.2 cm³/mol. The Morgan fingerprint density at radius 3 is 2.71 bits per heavy atom. The first-order valence-corrected chi connectivity index (χ1v) is 7.09. The van der Waals surface area contributed by atoms with Crippen LogP contribution >= 0.6 is 0 Å². The van der Waals surface area contributed by atoms with Crippen molar-refractivity contribution in [3.63, 3.8) is 0 Å². The Hall–Kier alpha value is -0.120. The maximum Gasteiger partial charge on any atom is 0.0613 e. The lowest BCUT2D eigenvalue weighted by molar-refractivity contribution is 0.0667. The first-order chi connectivity index (χ1) is 8.03. The van der Waals surface area contributed by atoms with Gasteiger partial charge in [-0.3, -0.25) is 0 Å². The standard InChI is InChI=1S/C14H30N2O/c1-5-15-14(11-17)8-6-7-13(9-14)16(4)10-12(2)3/h12-13,15,17H,5-11H2,1-4H3. The van der Waals surface area contributed by atoms with Crippen molar-refractivity contribution < 1.29 is 5.11 Å². The molecule has 0 amide bonds. The highest BCUT2D eigenvalue weighted by Gasteiger charge is 2.36. The van der Waals surface area contributed by atoms with E-state index in [1.54, 1.807) is 0 Å². The fourth-order valence-electron chi connectivity index (χ4n) is 3.17. The zero-order valence-corrected chi connectivity index (χ0v) is 12.0. The van der Waals surface area contributed by atoms with Gasteiger partial charge in [-0.25, -0.2) is 0 Å². The zero-order chi connectivity index (χ0) is 12.9. The van der Waals surface area contributed by atoms with E-state index in [-0.39, 0.29) is 12.1 Å². The molecule has 1 fully saturated rings. The SMILES string of the molecule is CCNC1(CO)CCCC(N(C)CC(C)C)C1. The Morgan fingerprint density at radius 1 is 1.47 bits per heavy atom. The van der Waals surface area contributed by atoms with Crippen molar-refractivity contribution >= 4 is 0 Å². The van der Waals surface area contributed by atoms with Crippen LogP contribution in [-0.2, 0) is 0 Å². The van der Waals surface area contributed by atoms with Gasteiger partial charge in [0.25, 0.3) is 0 Å². The minimum Gasteiger partial charge on any atom is -0.394 e. The number of rotatable bonds is 6. The van der Waals surface area contributed by atoms with E-state index in [1.165, 1.54) is 12.8 Å². The summed E-state index contributed by atoms with van der Waals surface area (Å²) in [7, 11) is 2.23. The fourth-order valence-corrected chi connectivity index (χ4v) is 3.17. The number of nitrogens with zero attached hydrogens (tertiary/aromatic N) is 1. The molecule has 0 aliphatic heterocycles. The summed E-state index contributed by atoms with van der Waals surface area (Å²) in [5.41, 5.74) is -0.0249. The Morgan fingerprint density at radius 2 is 2.18 bits per heavy atom. The average Bonchev–Trinajstić information content (AvgIpc) is 2.29. The largest absolute Gasteiger partial charge is 0.394 e. The van der Waals surface area contributed by atoms with Gasteiger partial charge in [-0.15, -0.1) is 0 Å². The smallest absolute Gasteiger partial charge is 0.0613 e. The van der Waals surface area contributed by atoms with Crippen LogP contribution in [-0.4, -0.2) is 48.3 Å². The molecule has 0 radical (unpaired) electrons. The van der Waals surface area contributed by atoms with E-state index in [2.05, 4.69) is 38.0 Å². The molecule has 2 atom stereocenters. The van der Waals surface area contributed by atoms with Gasteiger partial charge in [-0.1, -0.05) is 20.8 Å². The van der Waals surface area contributed by atoms with Gasteiger partial charge in [0.1, 0.15) is 0 Å². The van der Waals surface area contributed by atoms with E-state index in [0.717, 1.165) is 25.9 Å². The predicted octanol–water partition coefficient (Wildman–Crippen LogP) is 1.86. The summed E-state index contributed by atoms with van der Waals surface area (Å²) >= 11 is 0. The van der Waals surface area contributed by atoms with Gasteiger partial charge in [-0.05, 0) is 45.2 Å². The fraction of sp³-hybridized carbons (Fsp3) is 1.00. The van der Waals surface area contributed by atoms with E-state index >= 15 is 0 Å². The van der Waals surface area contributed by atoms with Crippen molar-refractivity contribution in [1.29, 1.82) is 0 Å². The number of hydrogen-bond donors (Lipinski definition) is 2. The molecule has 0 aromatic carbocycles. The van der Waals surface area contributed by atoms with Crippen molar-refractivity contribution in [2.45, 2.75) is 58.0 Å². The summed E-state index contributed by atoms with van der Waals surface area (Å²) < 4.78 is 0. The van der Waals surface area contributed by atoms with Crippen LogP contribution in [0.3, 0.4) is 0 Å². The Kier molecular flexibility index (Phi) is 5.90. The van der Waals surface area contributed by atoms with Crippen LogP contribution in [0.25, 0.3) is 0 Å². The van der Waals surface area contributed by atoms with Crippen LogP contribution in [0.5, 0.6) is 0 Å². The van der Waals surface area contributed by atoms with E-state index in [4.69, 9.17) is 0 Å². The molecule has 17 heavy (non-hydrogen) atoms. The summed E-state index contributed by atoms with van der Waals surface area (Å²) in [5.74, 6) is 0.713. The molecule has 0 bridgehead atoms. The summed E-state index contributed by atoms with van der Waals surface area (Å²) in [4.78, 5) is 2.48. The third kappa shape index (κ3) is 4.23. The molecule has 1 aliphatic rings. The van der Waals surface area contributed by atoms with E-state index < -0.39 is 0 Å². The maximum absolute atomic E-state index is 9.67. The summed E-state index contributed by atoms with van der Waals surface area (Å²) in [5, 5.41) is 13.2. The second-order valence-corrected chi connectivity index (χ2v) is 6.05. The molecule has 0 heterocycles. The molecule has 2 unspecified atom stereocenters. The number of hydrogen-bond acceptors (Lipinski definition) is 3. The molecule has 2 N–H and O–H groups in total. The molecule has 1 aliphatic carbocycles. The van der Waals surface area contributed by atoms with Gasteiger partial charge in [-0.2, -0.15) is 0 Å². The minimum absolute atomic E-state index is 0.0249. The zero-order valence-electron chi connectivity index (χ0n) is 12.0. The second kappa shape index (κ2) is 6.72. The molecule has 3 heteroatoms. The molecule has 102 valence electrons. The van der Waals surface area contributed by atoms with Crippen molar-refractivity contribution in [3.8, 4) is 0 Å². The first kappa shape index (κ1) is 14.9. The summed E-state index contributed by atoms with van der Waals surface area (Å²) in [6.07, 6.45) is 4.70. The van der Waals surface area contributed by atoms with Crippen molar-refractivity contribution in [2.75, 3.05) is 26.7 Å². The molecular formula is C14H30N2O. The van der Waals surface area contributed by atoms with E-state index in [1.807, 2.05) is 0 Å². The monoisotopic (exact) mass is 242 g/mol. The Bertz CT molecular complexity index is 216. The molecule has 0 aromatic rings. The van der Waals surface area contributed by atoms with Crippen molar-refractivity contribution in [3.05, 3.63) is 0 Å². The first-order valence-electron chi connectivity index (χ1n) is 7.09. The van der Waals surface area contributed by atoms with E-state index in [0.29, 0.717) is 12.0 Å². The molecule has 0 saturated heterocycles. The van der Waals surface area contributed by atoms with Gasteiger partial charge < -0.3 is 15.3 Å². The number of aliphatic hydroxyl groups is 1. The third-order valence-electron chi connectivity index (χ3n) is 3.95. The normalized spacial score (nSPS) is 30.2. The highest BCUT2D eigenvalue weighted by molar-refractivity contribution is 4.95. The maximum atomic E-state index is 9.67. The van der Waals surface area contributed by atoms with E-state index in [9.17, 15) is 5.11 Å². The lowest BCUT2D eigenvalue weighted by atomic mass is 9.78. The van der Waals surface area contributed by atoms with Gasteiger partial charge in [0.05, 0.1) is 6.61 Å². The quantitative estimate of drug-likeness (QED) is 0.746. The number of aliphatic hydroxyl groups excluding tert-OH is 1. The lowest BCUT2D eigenvalue weighted by Gasteiger charge is -2.43. The lowest BCUT2D eigenvalue weighted by Crippen LogP contribution is -2.55. The summed E-state index contributed by atoms with van der Waals surface area (Å²) in [6.45, 7) is 9.02. The minimum atomic E-state index is -0.0249. The van der Waals surface area contributed by atoms with Gasteiger partial charge in [0.15, 0.2) is 0 Å². The molecule has 1 saturated carbocycles. The van der Waals surface area contributed by atoms with Gasteiger partial charge in [0, 0.05) is 18.1 Å². The van der Waals surface area contributed by atoms with Crippen LogP contribution in [0.1, 0.15) is 46.5 Å². The third-order valence-corrected chi connectivity index (χ3v) is 3.95. The van der Waals surface area contributed by atoms with Gasteiger partial charge in [0.2, 0.25) is 0 Å². The molecule has 1 rings (SSSR count). The van der Waals surface area contributed by atoms with Crippen molar-refractivity contribution in [1.82, 2.24) is 10.2 Å². The van der Waals surface area contributed by atoms with Crippen LogP contribution in [0.2, 0.25) is 0 Å². The molecular weight excluding hydrogens is 212 g/mol. The van der Waals surface area contributed by atoms with Crippen LogP contribution < -0.4 is 5.32 Å². The van der Waals surface area contributed by atoms with Crippen LogP contribution in [0.15, 0.2) is 0 Å². The molecule has 3 nitrogen and oxygen atoms in total. The summed E-state index contributed by atoms with van der Waals surface area (Å²) in [6, 6.07) is 0.623. The van der Waals surface area contributed by atoms with Crippen LogP contribution in [0.4, 0.5) is 0 Å². The second-order valence-electron chi connectivity index (χ2n) is 6.05. The molecule has 0 aromatic heterocycles. The number of nitrogens with one attached hydrogen (secondary N) is 1.